The summed E-state index contributed by atoms with van der Waals surface area (Å²) in [5.41, 5.74) is 0.609. The highest BCUT2D eigenvalue weighted by molar-refractivity contribution is 5.90. The highest BCUT2D eigenvalue weighted by atomic mass is 16.5. The molecule has 272 valence electrons. The van der Waals surface area contributed by atoms with Crippen LogP contribution in [0.3, 0.4) is 0 Å². The number of hydrogen-bond acceptors (Lipinski definition) is 8. The number of esters is 1. The Kier molecular flexibility index (Phi) is 19.8. The molecule has 0 aromatic heterocycles. The fourth-order valence-corrected chi connectivity index (χ4v) is 7.31. The normalized spacial score (nSPS) is 28.0. The van der Waals surface area contributed by atoms with Gasteiger partial charge in [0.1, 0.15) is 12.2 Å². The second-order valence-corrected chi connectivity index (χ2v) is 14.6. The average molecular weight is 665 g/mol. The molecule has 0 amide bonds. The lowest BCUT2D eigenvalue weighted by molar-refractivity contribution is -0.139. The molecule has 1 fully saturated rings. The molecule has 4 N–H and O–H groups in total. The van der Waals surface area contributed by atoms with Gasteiger partial charge in [0.05, 0.1) is 42.7 Å². The Morgan fingerprint density at radius 2 is 1.36 bits per heavy atom. The van der Waals surface area contributed by atoms with Gasteiger partial charge in [0.25, 0.3) is 0 Å². The fraction of sp³-hybridized carbons (Fsp3) is 0.872. The summed E-state index contributed by atoms with van der Waals surface area (Å²) in [6.45, 7) is 4.07. The first-order valence-electron chi connectivity index (χ1n) is 19.4. The fourth-order valence-electron chi connectivity index (χ4n) is 7.31. The van der Waals surface area contributed by atoms with Gasteiger partial charge in [-0.25, -0.2) is 4.79 Å². The van der Waals surface area contributed by atoms with E-state index in [1.165, 1.54) is 57.8 Å². The molecule has 3 rings (SSSR count). The molecule has 0 aromatic rings. The predicted octanol–water partition coefficient (Wildman–Crippen LogP) is 7.38. The number of aliphatic hydroxyl groups is 4. The Labute approximate surface area is 285 Å². The summed E-state index contributed by atoms with van der Waals surface area (Å²) < 4.78 is 17.4. The minimum atomic E-state index is -0.712. The van der Waals surface area contributed by atoms with Crippen molar-refractivity contribution in [3.63, 3.8) is 0 Å². The second-order valence-electron chi connectivity index (χ2n) is 14.6. The average Bonchev–Trinajstić information content (AvgIpc) is 3.65. The zero-order valence-corrected chi connectivity index (χ0v) is 29.6. The van der Waals surface area contributed by atoms with Gasteiger partial charge in [-0.15, -0.1) is 0 Å². The van der Waals surface area contributed by atoms with Gasteiger partial charge in [0.2, 0.25) is 0 Å². The van der Waals surface area contributed by atoms with Gasteiger partial charge in [0, 0.05) is 12.0 Å². The second kappa shape index (κ2) is 23.2. The van der Waals surface area contributed by atoms with Gasteiger partial charge in [-0.1, -0.05) is 115 Å². The van der Waals surface area contributed by atoms with Crippen molar-refractivity contribution in [2.75, 3.05) is 0 Å². The van der Waals surface area contributed by atoms with E-state index < -0.39 is 30.5 Å². The molecule has 0 unspecified atom stereocenters. The SMILES string of the molecule is CCCCCCCCCC[C@@H]1O[C@H]([C@@H](O)CC[C@H](O)[C@@H]2CC[C@@H](CCCCCCCCC[C@@H](O)CC3=C[C@H](C)OC3=O)O2)C=C[C@H]1O. The largest absolute Gasteiger partial charge is 0.455 e. The molecule has 3 heterocycles. The monoisotopic (exact) mass is 664 g/mol. The van der Waals surface area contributed by atoms with E-state index in [9.17, 15) is 25.2 Å². The highest BCUT2D eigenvalue weighted by Crippen LogP contribution is 2.29. The summed E-state index contributed by atoms with van der Waals surface area (Å²) in [5.74, 6) is -0.288. The molecule has 8 nitrogen and oxygen atoms in total. The number of unbranched alkanes of at least 4 members (excludes halogenated alkanes) is 13. The van der Waals surface area contributed by atoms with Crippen LogP contribution in [-0.2, 0) is 19.0 Å². The van der Waals surface area contributed by atoms with Gasteiger partial charge >= 0.3 is 5.97 Å². The Hall–Kier alpha value is -1.29. The van der Waals surface area contributed by atoms with Crippen molar-refractivity contribution in [2.24, 2.45) is 0 Å². The quantitative estimate of drug-likeness (QED) is 0.0429. The molecule has 8 heteroatoms. The lowest BCUT2D eigenvalue weighted by Gasteiger charge is -2.32. The minimum absolute atomic E-state index is 0.166. The van der Waals surface area contributed by atoms with Crippen LogP contribution < -0.4 is 0 Å². The van der Waals surface area contributed by atoms with Crippen LogP contribution >= 0.6 is 0 Å². The number of carbonyl (C=O) groups excluding carboxylic acids is 1. The smallest absolute Gasteiger partial charge is 0.334 e. The molecule has 3 aliphatic heterocycles. The van der Waals surface area contributed by atoms with Crippen LogP contribution in [-0.4, -0.2) is 81.3 Å². The van der Waals surface area contributed by atoms with Crippen molar-refractivity contribution < 1.29 is 39.4 Å². The summed E-state index contributed by atoms with van der Waals surface area (Å²) in [4.78, 5) is 11.7. The molecular formula is C39H68O8. The summed E-state index contributed by atoms with van der Waals surface area (Å²) in [5, 5.41) is 42.2. The predicted molar refractivity (Wildman–Crippen MR) is 186 cm³/mol. The van der Waals surface area contributed by atoms with E-state index in [0.29, 0.717) is 24.8 Å². The Morgan fingerprint density at radius 3 is 2.02 bits per heavy atom. The lowest BCUT2D eigenvalue weighted by Crippen LogP contribution is -2.41. The van der Waals surface area contributed by atoms with E-state index in [1.807, 2.05) is 13.0 Å². The topological polar surface area (TPSA) is 126 Å². The number of rotatable bonds is 26. The summed E-state index contributed by atoms with van der Waals surface area (Å²) in [6, 6.07) is 0. The summed E-state index contributed by atoms with van der Waals surface area (Å²) in [6.07, 6.45) is 25.6. The van der Waals surface area contributed by atoms with Crippen LogP contribution in [0, 0.1) is 0 Å². The van der Waals surface area contributed by atoms with Crippen LogP contribution in [0.2, 0.25) is 0 Å². The number of ether oxygens (including phenoxy) is 3. The number of hydrogen-bond donors (Lipinski definition) is 4. The van der Waals surface area contributed by atoms with Gasteiger partial charge in [0.15, 0.2) is 0 Å². The first-order valence-corrected chi connectivity index (χ1v) is 19.4. The standard InChI is InChI=1S/C39H68O8/c1-3-4-5-6-7-11-14-17-20-36-35(43)24-26-38(47-36)34(42)23-22-33(41)37-25-21-32(46-37)19-16-13-10-8-9-12-15-18-31(40)28-30-27-29(2)45-39(30)44/h24,26-27,29,31-38,40-43H,3-23,25,28H2,1-2H3/t29-,31+,32+,33-,34-,35+,36-,37-,38-/m0/s1. The van der Waals surface area contributed by atoms with Crippen LogP contribution in [0.25, 0.3) is 0 Å². The van der Waals surface area contributed by atoms with Gasteiger partial charge in [-0.3, -0.25) is 0 Å². The molecule has 9 atom stereocenters. The maximum atomic E-state index is 11.7. The molecule has 0 radical (unpaired) electrons. The third-order valence-corrected chi connectivity index (χ3v) is 10.3. The van der Waals surface area contributed by atoms with E-state index in [0.717, 1.165) is 70.6 Å². The molecule has 0 bridgehead atoms. The van der Waals surface area contributed by atoms with Gasteiger partial charge in [-0.05, 0) is 57.9 Å². The van der Waals surface area contributed by atoms with Crippen molar-refractivity contribution >= 4 is 5.97 Å². The Balaban J connectivity index is 1.17. The van der Waals surface area contributed by atoms with Crippen molar-refractivity contribution in [3.8, 4) is 0 Å². The van der Waals surface area contributed by atoms with Crippen LogP contribution in [0.5, 0.6) is 0 Å². The zero-order chi connectivity index (χ0) is 33.9. The molecule has 3 aliphatic rings. The van der Waals surface area contributed by atoms with Crippen LogP contribution in [0.15, 0.2) is 23.8 Å². The van der Waals surface area contributed by atoms with Crippen molar-refractivity contribution in [3.05, 3.63) is 23.8 Å². The van der Waals surface area contributed by atoms with Crippen molar-refractivity contribution in [1.29, 1.82) is 0 Å². The molecular weight excluding hydrogens is 596 g/mol. The van der Waals surface area contributed by atoms with E-state index in [2.05, 4.69) is 6.92 Å². The molecule has 0 aliphatic carbocycles. The molecule has 0 aromatic carbocycles. The summed E-state index contributed by atoms with van der Waals surface area (Å²) >= 11 is 0. The first kappa shape index (κ1) is 40.1. The summed E-state index contributed by atoms with van der Waals surface area (Å²) in [7, 11) is 0. The Morgan fingerprint density at radius 1 is 0.745 bits per heavy atom. The molecule has 47 heavy (non-hydrogen) atoms. The third-order valence-electron chi connectivity index (χ3n) is 10.3. The maximum Gasteiger partial charge on any atom is 0.334 e. The van der Waals surface area contributed by atoms with E-state index >= 15 is 0 Å². The number of cyclic esters (lactones) is 1. The Bertz CT molecular complexity index is 905. The zero-order valence-electron chi connectivity index (χ0n) is 29.6. The lowest BCUT2D eigenvalue weighted by atomic mass is 9.96. The van der Waals surface area contributed by atoms with Crippen molar-refractivity contribution in [2.45, 2.75) is 216 Å². The van der Waals surface area contributed by atoms with E-state index in [1.54, 1.807) is 12.2 Å². The van der Waals surface area contributed by atoms with Crippen molar-refractivity contribution in [1.82, 2.24) is 0 Å². The minimum Gasteiger partial charge on any atom is -0.455 e. The molecule has 0 saturated carbocycles. The number of aliphatic hydroxyl groups excluding tert-OH is 4. The third kappa shape index (κ3) is 15.9. The van der Waals surface area contributed by atoms with E-state index in [4.69, 9.17) is 14.2 Å². The van der Waals surface area contributed by atoms with Crippen LogP contribution in [0.1, 0.15) is 162 Å². The first-order chi connectivity index (χ1) is 22.8. The maximum absolute atomic E-state index is 11.7. The van der Waals surface area contributed by atoms with Crippen LogP contribution in [0.4, 0.5) is 0 Å². The number of carbonyl (C=O) groups is 1. The molecule has 0 spiro atoms. The van der Waals surface area contributed by atoms with E-state index in [-0.39, 0.29) is 30.4 Å². The van der Waals surface area contributed by atoms with Gasteiger partial charge in [-0.2, -0.15) is 0 Å². The highest BCUT2D eigenvalue weighted by Gasteiger charge is 2.33. The van der Waals surface area contributed by atoms with Gasteiger partial charge < -0.3 is 34.6 Å². The molecule has 1 saturated heterocycles.